The second-order valence-corrected chi connectivity index (χ2v) is 9.34. The number of aromatic nitrogens is 3. The third kappa shape index (κ3) is 5.78. The van der Waals surface area contributed by atoms with Crippen molar-refractivity contribution in [2.75, 3.05) is 19.3 Å². The first-order valence-corrected chi connectivity index (χ1v) is 12.2. The van der Waals surface area contributed by atoms with E-state index in [1.165, 1.54) is 16.7 Å². The maximum atomic E-state index is 12.7. The first kappa shape index (κ1) is 23.4. The van der Waals surface area contributed by atoms with E-state index in [1.807, 2.05) is 24.3 Å². The Labute approximate surface area is 201 Å². The van der Waals surface area contributed by atoms with Gasteiger partial charge in [0.05, 0.1) is 30.1 Å². The molecule has 0 radical (unpaired) electrons. The smallest absolute Gasteiger partial charge is 0.239 e. The van der Waals surface area contributed by atoms with Crippen molar-refractivity contribution in [2.24, 2.45) is 0 Å². The predicted octanol–water partition coefficient (Wildman–Crippen LogP) is 4.17. The van der Waals surface area contributed by atoms with E-state index in [0.29, 0.717) is 15.9 Å². The summed E-state index contributed by atoms with van der Waals surface area (Å²) in [5, 5.41) is 12.9. The standard InChI is InChI=1S/C23H26ClN5O3S/c1-28(14-20(30)25-13-17-9-6-12-32-17)21(31)15-33-23-27-26-22(18-10-4-5-11-19(18)24)29(23)16-7-2-3-8-16/h4-6,9-12,16H,2-3,7-8,13-15H2,1H3,(H,25,30). The van der Waals surface area contributed by atoms with Gasteiger partial charge < -0.3 is 14.6 Å². The summed E-state index contributed by atoms with van der Waals surface area (Å²) in [6.45, 7) is 0.262. The van der Waals surface area contributed by atoms with Gasteiger partial charge in [-0.3, -0.25) is 14.2 Å². The largest absolute Gasteiger partial charge is 0.467 e. The third-order valence-electron chi connectivity index (χ3n) is 5.64. The zero-order valence-corrected chi connectivity index (χ0v) is 19.9. The van der Waals surface area contributed by atoms with Crippen LogP contribution in [-0.2, 0) is 16.1 Å². The van der Waals surface area contributed by atoms with Crippen molar-refractivity contribution in [3.05, 3.63) is 53.4 Å². The zero-order valence-electron chi connectivity index (χ0n) is 18.4. The van der Waals surface area contributed by atoms with Gasteiger partial charge in [-0.1, -0.05) is 48.3 Å². The highest BCUT2D eigenvalue weighted by Crippen LogP contribution is 2.38. The maximum absolute atomic E-state index is 12.7. The van der Waals surface area contributed by atoms with Gasteiger partial charge in [0.2, 0.25) is 11.8 Å². The summed E-state index contributed by atoms with van der Waals surface area (Å²) in [4.78, 5) is 26.2. The molecule has 3 aromatic rings. The van der Waals surface area contributed by atoms with Crippen LogP contribution in [0.15, 0.2) is 52.2 Å². The molecule has 0 aliphatic heterocycles. The van der Waals surface area contributed by atoms with Crippen LogP contribution >= 0.6 is 23.4 Å². The number of nitrogens with zero attached hydrogens (tertiary/aromatic N) is 4. The first-order valence-electron chi connectivity index (χ1n) is 10.9. The number of likely N-dealkylation sites (N-methyl/N-ethyl adjacent to an activating group) is 1. The van der Waals surface area contributed by atoms with Gasteiger partial charge in [-0.15, -0.1) is 10.2 Å². The second kappa shape index (κ2) is 10.9. The molecule has 1 aliphatic rings. The first-order chi connectivity index (χ1) is 16.0. The van der Waals surface area contributed by atoms with Crippen molar-refractivity contribution in [1.82, 2.24) is 25.0 Å². The number of amides is 2. The van der Waals surface area contributed by atoms with Crippen LogP contribution < -0.4 is 5.32 Å². The van der Waals surface area contributed by atoms with Crippen molar-refractivity contribution < 1.29 is 14.0 Å². The zero-order chi connectivity index (χ0) is 23.2. The van der Waals surface area contributed by atoms with E-state index in [-0.39, 0.29) is 36.7 Å². The number of rotatable bonds is 9. The van der Waals surface area contributed by atoms with E-state index in [2.05, 4.69) is 20.1 Å². The van der Waals surface area contributed by atoms with E-state index in [4.69, 9.17) is 16.0 Å². The van der Waals surface area contributed by atoms with Crippen molar-refractivity contribution in [3.63, 3.8) is 0 Å². The molecule has 10 heteroatoms. The van der Waals surface area contributed by atoms with Gasteiger partial charge in [0.15, 0.2) is 11.0 Å². The molecule has 1 N–H and O–H groups in total. The van der Waals surface area contributed by atoms with Crippen molar-refractivity contribution in [3.8, 4) is 11.4 Å². The maximum Gasteiger partial charge on any atom is 0.239 e. The number of hydrogen-bond acceptors (Lipinski definition) is 6. The fourth-order valence-corrected chi connectivity index (χ4v) is 5.05. The lowest BCUT2D eigenvalue weighted by Crippen LogP contribution is -2.38. The number of thioether (sulfide) groups is 1. The number of halogens is 1. The third-order valence-corrected chi connectivity index (χ3v) is 6.90. The molecule has 1 aromatic carbocycles. The predicted molar refractivity (Wildman–Crippen MR) is 127 cm³/mol. The Morgan fingerprint density at radius 2 is 2.00 bits per heavy atom. The molecule has 1 aliphatic carbocycles. The summed E-state index contributed by atoms with van der Waals surface area (Å²) in [6.07, 6.45) is 5.96. The minimum absolute atomic E-state index is 0.0275. The summed E-state index contributed by atoms with van der Waals surface area (Å²) >= 11 is 7.77. The average Bonchev–Trinajstić information content (AvgIpc) is 3.58. The lowest BCUT2D eigenvalue weighted by molar-refractivity contribution is -0.132. The summed E-state index contributed by atoms with van der Waals surface area (Å²) in [7, 11) is 1.62. The lowest BCUT2D eigenvalue weighted by Gasteiger charge is -2.19. The number of hydrogen-bond donors (Lipinski definition) is 1. The van der Waals surface area contributed by atoms with Crippen LogP contribution in [0.4, 0.5) is 0 Å². The molecule has 0 atom stereocenters. The molecular formula is C23H26ClN5O3S. The lowest BCUT2D eigenvalue weighted by atomic mass is 10.2. The van der Waals surface area contributed by atoms with E-state index in [0.717, 1.165) is 37.1 Å². The summed E-state index contributed by atoms with van der Waals surface area (Å²) in [6, 6.07) is 11.4. The van der Waals surface area contributed by atoms with Gasteiger partial charge in [0, 0.05) is 18.7 Å². The molecule has 2 amide bonds. The molecule has 2 heterocycles. The molecule has 33 heavy (non-hydrogen) atoms. The number of carbonyl (C=O) groups is 2. The monoisotopic (exact) mass is 487 g/mol. The van der Waals surface area contributed by atoms with Crippen LogP contribution in [-0.4, -0.2) is 50.8 Å². The molecule has 1 fully saturated rings. The summed E-state index contributed by atoms with van der Waals surface area (Å²) < 4.78 is 7.32. The van der Waals surface area contributed by atoms with Crippen LogP contribution in [0.3, 0.4) is 0 Å². The summed E-state index contributed by atoms with van der Waals surface area (Å²) in [5.74, 6) is 1.15. The fraction of sp³-hybridized carbons (Fsp3) is 0.391. The van der Waals surface area contributed by atoms with Crippen LogP contribution in [0.1, 0.15) is 37.5 Å². The number of benzene rings is 1. The normalized spacial score (nSPS) is 13.9. The van der Waals surface area contributed by atoms with Crippen molar-refractivity contribution in [1.29, 1.82) is 0 Å². The van der Waals surface area contributed by atoms with Gasteiger partial charge in [-0.25, -0.2) is 0 Å². The quantitative estimate of drug-likeness (QED) is 0.455. The van der Waals surface area contributed by atoms with Gasteiger partial charge in [-0.2, -0.15) is 0 Å². The fourth-order valence-electron chi connectivity index (χ4n) is 3.89. The Kier molecular flexibility index (Phi) is 7.72. The Morgan fingerprint density at radius 3 is 2.73 bits per heavy atom. The summed E-state index contributed by atoms with van der Waals surface area (Å²) in [5.41, 5.74) is 0.835. The van der Waals surface area contributed by atoms with Gasteiger partial charge in [0.1, 0.15) is 5.76 Å². The minimum Gasteiger partial charge on any atom is -0.467 e. The molecule has 2 aromatic heterocycles. The molecule has 0 saturated heterocycles. The second-order valence-electron chi connectivity index (χ2n) is 7.99. The van der Waals surface area contributed by atoms with Crippen LogP contribution in [0.5, 0.6) is 0 Å². The van der Waals surface area contributed by atoms with E-state index in [9.17, 15) is 9.59 Å². The Balaban J connectivity index is 1.39. The highest BCUT2D eigenvalue weighted by Gasteiger charge is 2.26. The number of furan rings is 1. The van der Waals surface area contributed by atoms with Crippen LogP contribution in [0.2, 0.25) is 5.02 Å². The average molecular weight is 488 g/mol. The van der Waals surface area contributed by atoms with Crippen LogP contribution in [0, 0.1) is 0 Å². The van der Waals surface area contributed by atoms with E-state index in [1.54, 1.807) is 25.4 Å². The van der Waals surface area contributed by atoms with Gasteiger partial charge in [-0.05, 0) is 37.1 Å². The van der Waals surface area contributed by atoms with Gasteiger partial charge >= 0.3 is 0 Å². The number of nitrogens with one attached hydrogen (secondary N) is 1. The highest BCUT2D eigenvalue weighted by molar-refractivity contribution is 7.99. The SMILES string of the molecule is CN(CC(=O)NCc1ccco1)C(=O)CSc1nnc(-c2ccccc2Cl)n1C1CCCC1. The molecule has 0 unspecified atom stereocenters. The molecule has 174 valence electrons. The molecular weight excluding hydrogens is 462 g/mol. The van der Waals surface area contributed by atoms with Crippen molar-refractivity contribution in [2.45, 2.75) is 43.4 Å². The Hall–Kier alpha value is -2.78. The van der Waals surface area contributed by atoms with Gasteiger partial charge in [0.25, 0.3) is 0 Å². The molecule has 0 spiro atoms. The van der Waals surface area contributed by atoms with E-state index < -0.39 is 0 Å². The van der Waals surface area contributed by atoms with Crippen LogP contribution in [0.25, 0.3) is 11.4 Å². The Bertz CT molecular complexity index is 1100. The molecule has 8 nitrogen and oxygen atoms in total. The molecule has 1 saturated carbocycles. The highest BCUT2D eigenvalue weighted by atomic mass is 35.5. The Morgan fingerprint density at radius 1 is 1.21 bits per heavy atom. The minimum atomic E-state index is -0.248. The van der Waals surface area contributed by atoms with E-state index >= 15 is 0 Å². The number of carbonyl (C=O) groups excluding carboxylic acids is 2. The molecule has 4 rings (SSSR count). The topological polar surface area (TPSA) is 93.3 Å². The van der Waals surface area contributed by atoms with Crippen molar-refractivity contribution >= 4 is 35.2 Å². The molecule has 0 bridgehead atoms.